The number of hydrogen-bond acceptors (Lipinski definition) is 6. The van der Waals surface area contributed by atoms with Gasteiger partial charge in [0.1, 0.15) is 16.4 Å². The van der Waals surface area contributed by atoms with Crippen molar-refractivity contribution in [3.63, 3.8) is 0 Å². The third kappa shape index (κ3) is 1.94. The summed E-state index contributed by atoms with van der Waals surface area (Å²) in [6.07, 6.45) is 0. The van der Waals surface area contributed by atoms with Crippen molar-refractivity contribution in [2.24, 2.45) is 5.41 Å². The summed E-state index contributed by atoms with van der Waals surface area (Å²) in [6, 6.07) is 3.43. The zero-order chi connectivity index (χ0) is 14.5. The van der Waals surface area contributed by atoms with Gasteiger partial charge in [-0.15, -0.1) is 0 Å². The molecule has 2 heterocycles. The molecule has 0 bridgehead atoms. The Balaban J connectivity index is 1.92. The van der Waals surface area contributed by atoms with Crippen molar-refractivity contribution in [1.82, 2.24) is 13.8 Å². The second-order valence-corrected chi connectivity index (χ2v) is 5.98. The zero-order valence-corrected chi connectivity index (χ0v) is 12.3. The summed E-state index contributed by atoms with van der Waals surface area (Å²) < 4.78 is 8.20. The first-order chi connectivity index (χ1) is 9.39. The maximum atomic E-state index is 12.1. The third-order valence-corrected chi connectivity index (χ3v) is 4.11. The van der Waals surface area contributed by atoms with Gasteiger partial charge in [0.15, 0.2) is 0 Å². The van der Waals surface area contributed by atoms with Crippen molar-refractivity contribution in [3.8, 4) is 0 Å². The normalized spacial score (nSPS) is 17.9. The van der Waals surface area contributed by atoms with E-state index in [0.717, 1.165) is 16.8 Å². The van der Waals surface area contributed by atoms with E-state index in [2.05, 4.69) is 8.75 Å². The minimum Gasteiger partial charge on any atom is -0.337 e. The molecule has 1 aliphatic rings. The van der Waals surface area contributed by atoms with Gasteiger partial charge in [-0.3, -0.25) is 4.79 Å². The molecular formula is C12H10ClN3O3S. The van der Waals surface area contributed by atoms with Gasteiger partial charge in [-0.2, -0.15) is 13.8 Å². The monoisotopic (exact) mass is 311 g/mol. The average Bonchev–Trinajstić information content (AvgIpc) is 2.90. The van der Waals surface area contributed by atoms with Crippen LogP contribution >= 0.6 is 23.3 Å². The van der Waals surface area contributed by atoms with E-state index in [1.54, 1.807) is 12.1 Å². The van der Waals surface area contributed by atoms with Gasteiger partial charge < -0.3 is 4.84 Å². The summed E-state index contributed by atoms with van der Waals surface area (Å²) in [5, 5.41) is 1.49. The van der Waals surface area contributed by atoms with Crippen LogP contribution in [0.1, 0.15) is 19.4 Å². The smallest absolute Gasteiger partial charge is 0.337 e. The molecule has 2 aromatic rings. The average molecular weight is 312 g/mol. The lowest BCUT2D eigenvalue weighted by Gasteiger charge is -2.15. The minimum absolute atomic E-state index is 0.0975. The highest BCUT2D eigenvalue weighted by molar-refractivity contribution is 7.00. The fraction of sp³-hybridized carbons (Fsp3) is 0.333. The van der Waals surface area contributed by atoms with Crippen molar-refractivity contribution in [2.45, 2.75) is 20.4 Å². The van der Waals surface area contributed by atoms with Crippen molar-refractivity contribution in [3.05, 3.63) is 22.7 Å². The Kier molecular flexibility index (Phi) is 2.91. The van der Waals surface area contributed by atoms with Crippen LogP contribution in [-0.2, 0) is 21.0 Å². The summed E-state index contributed by atoms with van der Waals surface area (Å²) >= 11 is 7.24. The Morgan fingerprint density at radius 3 is 2.55 bits per heavy atom. The Morgan fingerprint density at radius 1 is 1.30 bits per heavy atom. The van der Waals surface area contributed by atoms with Gasteiger partial charge in [-0.1, -0.05) is 11.6 Å². The van der Waals surface area contributed by atoms with E-state index < -0.39 is 11.4 Å². The molecule has 1 aliphatic heterocycles. The van der Waals surface area contributed by atoms with Crippen LogP contribution in [0.3, 0.4) is 0 Å². The number of nitrogens with zero attached hydrogens (tertiary/aromatic N) is 3. The number of hydroxylamine groups is 2. The lowest BCUT2D eigenvalue weighted by molar-refractivity contribution is -0.180. The van der Waals surface area contributed by atoms with Crippen LogP contribution in [0.25, 0.3) is 11.0 Å². The van der Waals surface area contributed by atoms with Crippen LogP contribution in [-0.4, -0.2) is 25.7 Å². The van der Waals surface area contributed by atoms with E-state index in [1.165, 1.54) is 13.8 Å². The number of rotatable bonds is 2. The minimum atomic E-state index is -1.15. The second kappa shape index (κ2) is 4.39. The highest BCUT2D eigenvalue weighted by Crippen LogP contribution is 2.31. The number of carbonyl (C=O) groups excluding carboxylic acids is 2. The zero-order valence-electron chi connectivity index (χ0n) is 10.7. The van der Waals surface area contributed by atoms with Crippen molar-refractivity contribution < 1.29 is 14.4 Å². The molecule has 20 heavy (non-hydrogen) atoms. The first kappa shape index (κ1) is 13.3. The fourth-order valence-corrected chi connectivity index (χ4v) is 2.61. The van der Waals surface area contributed by atoms with Crippen LogP contribution in [0, 0.1) is 5.41 Å². The lowest BCUT2D eigenvalue weighted by atomic mass is 9.94. The Morgan fingerprint density at radius 2 is 1.95 bits per heavy atom. The van der Waals surface area contributed by atoms with E-state index >= 15 is 0 Å². The van der Waals surface area contributed by atoms with Gasteiger partial charge >= 0.3 is 5.97 Å². The molecule has 0 unspecified atom stereocenters. The first-order valence-electron chi connectivity index (χ1n) is 5.84. The van der Waals surface area contributed by atoms with E-state index in [1.807, 2.05) is 0 Å². The molecule has 1 amide bonds. The molecular weight excluding hydrogens is 302 g/mol. The molecule has 1 fully saturated rings. The maximum absolute atomic E-state index is 12.1. The highest BCUT2D eigenvalue weighted by atomic mass is 35.5. The third-order valence-electron chi connectivity index (χ3n) is 3.20. The maximum Gasteiger partial charge on any atom is 0.347 e. The molecule has 0 N–H and O–H groups in total. The first-order valence-corrected chi connectivity index (χ1v) is 6.95. The Labute approximate surface area is 123 Å². The molecule has 0 aliphatic carbocycles. The van der Waals surface area contributed by atoms with Crippen LogP contribution in [0.4, 0.5) is 0 Å². The Hall–Kier alpha value is -1.73. The van der Waals surface area contributed by atoms with Crippen LogP contribution < -0.4 is 0 Å². The highest BCUT2D eigenvalue weighted by Gasteiger charge is 2.49. The summed E-state index contributed by atoms with van der Waals surface area (Å²) in [6.45, 7) is 3.17. The van der Waals surface area contributed by atoms with Gasteiger partial charge in [-0.25, -0.2) is 4.79 Å². The van der Waals surface area contributed by atoms with Gasteiger partial charge in [0, 0.05) is 5.02 Å². The van der Waals surface area contributed by atoms with Crippen molar-refractivity contribution in [2.75, 3.05) is 0 Å². The number of carbonyl (C=O) groups is 2. The molecule has 3 rings (SSSR count). The van der Waals surface area contributed by atoms with E-state index in [4.69, 9.17) is 16.4 Å². The fourth-order valence-electron chi connectivity index (χ4n) is 1.88. The van der Waals surface area contributed by atoms with Gasteiger partial charge in [0.05, 0.1) is 18.3 Å². The molecule has 0 spiro atoms. The van der Waals surface area contributed by atoms with Crippen LogP contribution in [0.2, 0.25) is 5.02 Å². The number of fused-ring (bicyclic) bond motifs is 1. The molecule has 104 valence electrons. The van der Waals surface area contributed by atoms with Gasteiger partial charge in [0.2, 0.25) is 0 Å². The number of benzene rings is 1. The SMILES string of the molecule is CC1(C)C(=O)ON(Cc2cc3nsnc3cc2Cl)C1=O. The Bertz CT molecular complexity index is 728. The molecule has 6 nitrogen and oxygen atoms in total. The quantitative estimate of drug-likeness (QED) is 0.795. The van der Waals surface area contributed by atoms with Crippen molar-refractivity contribution in [1.29, 1.82) is 0 Å². The van der Waals surface area contributed by atoms with Gasteiger partial charge in [0.25, 0.3) is 5.91 Å². The van der Waals surface area contributed by atoms with E-state index in [0.29, 0.717) is 21.6 Å². The number of aromatic nitrogens is 2. The lowest BCUT2D eigenvalue weighted by Crippen LogP contribution is -2.31. The van der Waals surface area contributed by atoms with Crippen LogP contribution in [0.15, 0.2) is 12.1 Å². The van der Waals surface area contributed by atoms with Crippen molar-refractivity contribution >= 4 is 46.2 Å². The predicted molar refractivity (Wildman–Crippen MR) is 72.8 cm³/mol. The topological polar surface area (TPSA) is 72.4 Å². The predicted octanol–water partition coefficient (Wildman–Crippen LogP) is 2.17. The molecule has 1 saturated heterocycles. The van der Waals surface area contributed by atoms with E-state index in [-0.39, 0.29) is 12.5 Å². The van der Waals surface area contributed by atoms with Gasteiger partial charge in [-0.05, 0) is 31.5 Å². The molecule has 0 saturated carbocycles. The number of amides is 1. The molecule has 0 atom stereocenters. The number of hydrogen-bond donors (Lipinski definition) is 0. The molecule has 8 heteroatoms. The summed E-state index contributed by atoms with van der Waals surface area (Å²) in [5.74, 6) is -0.940. The van der Waals surface area contributed by atoms with E-state index in [9.17, 15) is 9.59 Å². The van der Waals surface area contributed by atoms with Crippen LogP contribution in [0.5, 0.6) is 0 Å². The largest absolute Gasteiger partial charge is 0.347 e. The second-order valence-electron chi connectivity index (χ2n) is 5.04. The summed E-state index contributed by atoms with van der Waals surface area (Å²) in [5.41, 5.74) is 0.907. The summed E-state index contributed by atoms with van der Waals surface area (Å²) in [4.78, 5) is 28.7. The molecule has 1 aromatic carbocycles. The number of halogens is 1. The standard InChI is InChI=1S/C12H10ClN3O3S/c1-12(2)10(17)16(19-11(12)18)5-6-3-8-9(4-7(6)13)15-20-14-8/h3-4H,5H2,1-2H3. The molecule has 1 aromatic heterocycles. The molecule has 0 radical (unpaired) electrons. The summed E-state index contributed by atoms with van der Waals surface area (Å²) in [7, 11) is 0.